The number of anilines is 1. The topological polar surface area (TPSA) is 12.0 Å². The van der Waals surface area contributed by atoms with E-state index in [4.69, 9.17) is 0 Å². The van der Waals surface area contributed by atoms with Gasteiger partial charge >= 0.3 is 0 Å². The van der Waals surface area contributed by atoms with Gasteiger partial charge in [-0.2, -0.15) is 0 Å². The van der Waals surface area contributed by atoms with Crippen LogP contribution in [-0.2, 0) is 6.42 Å². The van der Waals surface area contributed by atoms with Crippen molar-refractivity contribution in [1.82, 2.24) is 0 Å². The lowest BCUT2D eigenvalue weighted by Gasteiger charge is -2.16. The standard InChI is InChI=1S/C15H13BrIN/c16-14-6-2-5-13-12(14)7-8-15(13)18-11-4-1-3-10(17)9-11/h1-6,9,15,18H,7-8H2. The lowest BCUT2D eigenvalue weighted by molar-refractivity contribution is 0.762. The van der Waals surface area contributed by atoms with Crippen LogP contribution in [0.3, 0.4) is 0 Å². The number of hydrogen-bond donors (Lipinski definition) is 1. The highest BCUT2D eigenvalue weighted by atomic mass is 127. The monoisotopic (exact) mass is 413 g/mol. The van der Waals surface area contributed by atoms with E-state index < -0.39 is 0 Å². The zero-order valence-electron chi connectivity index (χ0n) is 9.79. The Morgan fingerprint density at radius 1 is 1.17 bits per heavy atom. The molecule has 1 nitrogen and oxygen atoms in total. The minimum atomic E-state index is 0.440. The molecule has 0 radical (unpaired) electrons. The van der Waals surface area contributed by atoms with Crippen molar-refractivity contribution in [3.8, 4) is 0 Å². The van der Waals surface area contributed by atoms with E-state index in [0.717, 1.165) is 6.42 Å². The van der Waals surface area contributed by atoms with Gasteiger partial charge in [0, 0.05) is 13.7 Å². The van der Waals surface area contributed by atoms with Crippen LogP contribution in [0.15, 0.2) is 46.9 Å². The van der Waals surface area contributed by atoms with Crippen LogP contribution in [0, 0.1) is 3.57 Å². The van der Waals surface area contributed by atoms with E-state index in [1.165, 1.54) is 31.3 Å². The summed E-state index contributed by atoms with van der Waals surface area (Å²) in [5.74, 6) is 0. The highest BCUT2D eigenvalue weighted by Gasteiger charge is 2.23. The van der Waals surface area contributed by atoms with Gasteiger partial charge in [-0.15, -0.1) is 0 Å². The maximum Gasteiger partial charge on any atom is 0.0520 e. The van der Waals surface area contributed by atoms with Crippen LogP contribution in [0.1, 0.15) is 23.6 Å². The number of rotatable bonds is 2. The fourth-order valence-corrected chi connectivity index (χ4v) is 3.66. The van der Waals surface area contributed by atoms with Gasteiger partial charge < -0.3 is 5.32 Å². The van der Waals surface area contributed by atoms with Crippen molar-refractivity contribution < 1.29 is 0 Å². The smallest absolute Gasteiger partial charge is 0.0520 e. The van der Waals surface area contributed by atoms with Crippen molar-refractivity contribution >= 4 is 44.2 Å². The Kier molecular flexibility index (Phi) is 3.61. The van der Waals surface area contributed by atoms with E-state index in [0.29, 0.717) is 6.04 Å². The SMILES string of the molecule is Brc1cccc2c1CCC2Nc1cccc(I)c1. The molecule has 2 aromatic rings. The molecule has 18 heavy (non-hydrogen) atoms. The molecule has 1 unspecified atom stereocenters. The van der Waals surface area contributed by atoms with Crippen LogP contribution in [-0.4, -0.2) is 0 Å². The fourth-order valence-electron chi connectivity index (χ4n) is 2.54. The molecule has 2 aromatic carbocycles. The van der Waals surface area contributed by atoms with Crippen LogP contribution in [0.2, 0.25) is 0 Å². The van der Waals surface area contributed by atoms with E-state index in [-0.39, 0.29) is 0 Å². The Balaban J connectivity index is 1.87. The molecule has 1 aliphatic rings. The van der Waals surface area contributed by atoms with Crippen molar-refractivity contribution in [3.63, 3.8) is 0 Å². The second kappa shape index (κ2) is 5.21. The second-order valence-corrected chi connectivity index (χ2v) is 6.65. The molecular weight excluding hydrogens is 401 g/mol. The number of fused-ring (bicyclic) bond motifs is 1. The Bertz CT molecular complexity index is 582. The molecule has 92 valence electrons. The summed E-state index contributed by atoms with van der Waals surface area (Å²) in [6.07, 6.45) is 2.32. The van der Waals surface area contributed by atoms with Gasteiger partial charge in [-0.1, -0.05) is 34.1 Å². The van der Waals surface area contributed by atoms with Gasteiger partial charge in [0.1, 0.15) is 0 Å². The molecule has 0 amide bonds. The minimum absolute atomic E-state index is 0.440. The molecule has 1 aliphatic carbocycles. The van der Waals surface area contributed by atoms with Crippen LogP contribution in [0.5, 0.6) is 0 Å². The van der Waals surface area contributed by atoms with Crippen LogP contribution >= 0.6 is 38.5 Å². The average Bonchev–Trinajstić information content (AvgIpc) is 2.74. The third-order valence-electron chi connectivity index (χ3n) is 3.38. The summed E-state index contributed by atoms with van der Waals surface area (Å²) in [5.41, 5.74) is 4.10. The van der Waals surface area contributed by atoms with Gasteiger partial charge in [0.25, 0.3) is 0 Å². The number of halogens is 2. The zero-order valence-corrected chi connectivity index (χ0v) is 13.5. The number of benzene rings is 2. The molecule has 3 heteroatoms. The summed E-state index contributed by atoms with van der Waals surface area (Å²) >= 11 is 5.99. The zero-order chi connectivity index (χ0) is 12.5. The Hall–Kier alpha value is -0.550. The summed E-state index contributed by atoms with van der Waals surface area (Å²) in [6, 6.07) is 15.5. The Labute approximate surface area is 129 Å². The average molecular weight is 414 g/mol. The predicted molar refractivity (Wildman–Crippen MR) is 88.0 cm³/mol. The molecule has 0 bridgehead atoms. The second-order valence-electron chi connectivity index (χ2n) is 4.55. The molecule has 0 fully saturated rings. The molecule has 0 saturated heterocycles. The number of nitrogens with one attached hydrogen (secondary N) is 1. The summed E-state index contributed by atoms with van der Waals surface area (Å²) in [7, 11) is 0. The fraction of sp³-hybridized carbons (Fsp3) is 0.200. The molecule has 3 rings (SSSR count). The van der Waals surface area contributed by atoms with Gasteiger partial charge in [-0.05, 0) is 70.8 Å². The van der Waals surface area contributed by atoms with E-state index in [2.05, 4.69) is 86.3 Å². The third kappa shape index (κ3) is 2.43. The summed E-state index contributed by atoms with van der Waals surface area (Å²) < 4.78 is 2.51. The first-order chi connectivity index (χ1) is 8.74. The maximum absolute atomic E-state index is 3.64. The maximum atomic E-state index is 3.64. The molecule has 1 N–H and O–H groups in total. The van der Waals surface area contributed by atoms with Crippen LogP contribution < -0.4 is 5.32 Å². The first-order valence-corrected chi connectivity index (χ1v) is 7.90. The number of hydrogen-bond acceptors (Lipinski definition) is 1. The highest BCUT2D eigenvalue weighted by molar-refractivity contribution is 14.1. The van der Waals surface area contributed by atoms with Crippen LogP contribution in [0.4, 0.5) is 5.69 Å². The van der Waals surface area contributed by atoms with E-state index in [1.807, 2.05) is 0 Å². The van der Waals surface area contributed by atoms with Crippen molar-refractivity contribution in [2.24, 2.45) is 0 Å². The lowest BCUT2D eigenvalue weighted by Crippen LogP contribution is -2.07. The van der Waals surface area contributed by atoms with Crippen molar-refractivity contribution in [2.75, 3.05) is 5.32 Å². The van der Waals surface area contributed by atoms with Gasteiger partial charge in [-0.25, -0.2) is 0 Å². The van der Waals surface area contributed by atoms with Gasteiger partial charge in [-0.3, -0.25) is 0 Å². The summed E-state index contributed by atoms with van der Waals surface area (Å²) in [6.45, 7) is 0. The normalized spacial score (nSPS) is 17.6. The molecule has 0 saturated carbocycles. The highest BCUT2D eigenvalue weighted by Crippen LogP contribution is 2.37. The van der Waals surface area contributed by atoms with Crippen molar-refractivity contribution in [2.45, 2.75) is 18.9 Å². The predicted octanol–water partition coefficient (Wildman–Crippen LogP) is 5.15. The Morgan fingerprint density at radius 2 is 2.00 bits per heavy atom. The minimum Gasteiger partial charge on any atom is -0.378 e. The Morgan fingerprint density at radius 3 is 2.83 bits per heavy atom. The molecule has 0 aromatic heterocycles. The quantitative estimate of drug-likeness (QED) is 0.671. The summed E-state index contributed by atoms with van der Waals surface area (Å²) in [5, 5.41) is 3.64. The van der Waals surface area contributed by atoms with E-state index >= 15 is 0 Å². The molecule has 0 heterocycles. The van der Waals surface area contributed by atoms with Gasteiger partial charge in [0.05, 0.1) is 6.04 Å². The van der Waals surface area contributed by atoms with E-state index in [1.54, 1.807) is 0 Å². The molecular formula is C15H13BrIN. The van der Waals surface area contributed by atoms with Gasteiger partial charge in [0.15, 0.2) is 0 Å². The largest absolute Gasteiger partial charge is 0.378 e. The van der Waals surface area contributed by atoms with Crippen molar-refractivity contribution in [3.05, 3.63) is 61.6 Å². The lowest BCUT2D eigenvalue weighted by atomic mass is 10.1. The van der Waals surface area contributed by atoms with Crippen LogP contribution in [0.25, 0.3) is 0 Å². The molecule has 0 aliphatic heterocycles. The summed E-state index contributed by atoms with van der Waals surface area (Å²) in [4.78, 5) is 0. The first kappa shape index (κ1) is 12.5. The third-order valence-corrected chi connectivity index (χ3v) is 4.79. The van der Waals surface area contributed by atoms with E-state index in [9.17, 15) is 0 Å². The molecule has 0 spiro atoms. The van der Waals surface area contributed by atoms with Crippen molar-refractivity contribution in [1.29, 1.82) is 0 Å². The molecule has 1 atom stereocenters. The first-order valence-electron chi connectivity index (χ1n) is 6.03. The van der Waals surface area contributed by atoms with Gasteiger partial charge in [0.2, 0.25) is 0 Å².